The van der Waals surface area contributed by atoms with E-state index < -0.39 is 11.6 Å². The quantitative estimate of drug-likeness (QED) is 0.389. The van der Waals surface area contributed by atoms with Crippen LogP contribution < -0.4 is 10.5 Å². The first kappa shape index (κ1) is 20.6. The Bertz CT molecular complexity index is 1440. The Morgan fingerprint density at radius 1 is 1.19 bits per heavy atom. The highest BCUT2D eigenvalue weighted by molar-refractivity contribution is 9.10. The molecule has 0 spiro atoms. The first-order chi connectivity index (χ1) is 15.4. The summed E-state index contributed by atoms with van der Waals surface area (Å²) >= 11 is 3.45. The number of halogens is 3. The monoisotopic (exact) mass is 498 g/mol. The normalized spacial score (nSPS) is 14.9. The van der Waals surface area contributed by atoms with E-state index in [0.29, 0.717) is 37.5 Å². The van der Waals surface area contributed by atoms with Crippen LogP contribution in [-0.4, -0.2) is 22.6 Å². The average molecular weight is 499 g/mol. The summed E-state index contributed by atoms with van der Waals surface area (Å²) in [6.07, 6.45) is 1.33. The molecular formula is C23H17BrF2N4O2. The lowest BCUT2D eigenvalue weighted by Crippen LogP contribution is -2.35. The van der Waals surface area contributed by atoms with Crippen LogP contribution in [0.3, 0.4) is 0 Å². The minimum absolute atomic E-state index is 0.0257. The van der Waals surface area contributed by atoms with E-state index in [4.69, 9.17) is 4.42 Å². The van der Waals surface area contributed by atoms with Crippen molar-refractivity contribution in [3.8, 4) is 6.07 Å². The van der Waals surface area contributed by atoms with E-state index in [0.717, 1.165) is 27.5 Å². The molecule has 4 aromatic rings. The second kappa shape index (κ2) is 7.71. The Morgan fingerprint density at radius 2 is 1.91 bits per heavy atom. The number of nitrogens with zero attached hydrogens (tertiary/aromatic N) is 4. The van der Waals surface area contributed by atoms with E-state index >= 15 is 0 Å². The van der Waals surface area contributed by atoms with Gasteiger partial charge in [0.15, 0.2) is 23.1 Å². The minimum Gasteiger partial charge on any atom is -0.440 e. The molecule has 1 aliphatic heterocycles. The molecule has 0 radical (unpaired) electrons. The topological polar surface area (TPSA) is 75.1 Å². The molecule has 2 aromatic carbocycles. The number of hydrogen-bond donors (Lipinski definition) is 0. The third-order valence-corrected chi connectivity index (χ3v) is 6.54. The molecule has 0 unspecified atom stereocenters. The maximum atomic E-state index is 13.5. The van der Waals surface area contributed by atoms with Crippen molar-refractivity contribution in [1.82, 2.24) is 9.55 Å². The molecule has 0 bridgehead atoms. The van der Waals surface area contributed by atoms with Crippen LogP contribution in [0.1, 0.15) is 30.2 Å². The molecule has 0 N–H and O–H groups in total. The van der Waals surface area contributed by atoms with Crippen molar-refractivity contribution in [2.75, 3.05) is 18.0 Å². The van der Waals surface area contributed by atoms with Crippen molar-refractivity contribution >= 4 is 43.6 Å². The third kappa shape index (κ3) is 3.26. The van der Waals surface area contributed by atoms with Crippen molar-refractivity contribution in [2.24, 2.45) is 7.05 Å². The fraction of sp³-hybridized carbons (Fsp3) is 0.261. The highest BCUT2D eigenvalue weighted by Crippen LogP contribution is 2.36. The van der Waals surface area contributed by atoms with Gasteiger partial charge in [0.1, 0.15) is 17.1 Å². The molecule has 5 rings (SSSR count). The lowest BCUT2D eigenvalue weighted by atomic mass is 9.95. The van der Waals surface area contributed by atoms with Crippen molar-refractivity contribution in [2.45, 2.75) is 18.8 Å². The summed E-state index contributed by atoms with van der Waals surface area (Å²) in [6.45, 7) is 1.16. The van der Waals surface area contributed by atoms with E-state index in [-0.39, 0.29) is 28.1 Å². The van der Waals surface area contributed by atoms with E-state index in [1.807, 2.05) is 18.2 Å². The van der Waals surface area contributed by atoms with Crippen LogP contribution in [-0.2, 0) is 7.05 Å². The Labute approximate surface area is 189 Å². The van der Waals surface area contributed by atoms with Gasteiger partial charge in [0.2, 0.25) is 0 Å². The number of piperidine rings is 1. The fourth-order valence-corrected chi connectivity index (χ4v) is 4.74. The van der Waals surface area contributed by atoms with Crippen molar-refractivity contribution in [3.05, 3.63) is 68.2 Å². The molecule has 2 aromatic heterocycles. The molecule has 0 atom stereocenters. The number of rotatable bonds is 2. The Morgan fingerprint density at radius 3 is 2.62 bits per heavy atom. The van der Waals surface area contributed by atoms with Gasteiger partial charge in [-0.2, -0.15) is 5.26 Å². The zero-order valence-electron chi connectivity index (χ0n) is 17.0. The van der Waals surface area contributed by atoms with Crippen LogP contribution in [0.4, 0.5) is 14.5 Å². The lowest BCUT2D eigenvalue weighted by Gasteiger charge is -2.33. The van der Waals surface area contributed by atoms with Gasteiger partial charge < -0.3 is 13.9 Å². The van der Waals surface area contributed by atoms with Gasteiger partial charge in [0.25, 0.3) is 5.56 Å². The fourth-order valence-electron chi connectivity index (χ4n) is 4.39. The first-order valence-electron chi connectivity index (χ1n) is 10.1. The van der Waals surface area contributed by atoms with Crippen LogP contribution in [0.2, 0.25) is 0 Å². The molecule has 0 saturated carbocycles. The number of anilines is 1. The highest BCUT2D eigenvalue weighted by atomic mass is 79.9. The first-order valence-corrected chi connectivity index (χ1v) is 10.9. The summed E-state index contributed by atoms with van der Waals surface area (Å²) in [7, 11) is 1.66. The van der Waals surface area contributed by atoms with Gasteiger partial charge >= 0.3 is 0 Å². The van der Waals surface area contributed by atoms with Gasteiger partial charge in [0, 0.05) is 48.0 Å². The van der Waals surface area contributed by atoms with Gasteiger partial charge in [-0.3, -0.25) is 4.79 Å². The second-order valence-corrected chi connectivity index (χ2v) is 8.82. The van der Waals surface area contributed by atoms with Crippen LogP contribution in [0.15, 0.2) is 44.0 Å². The number of benzene rings is 2. The van der Waals surface area contributed by atoms with Gasteiger partial charge in [-0.15, -0.1) is 0 Å². The SMILES string of the molecule is Cn1c(=O)c(C#N)c(N2CCC(c3nc4cc(F)c(F)cc4o3)CC2)c2ccc(Br)cc21. The van der Waals surface area contributed by atoms with Gasteiger partial charge in [0.05, 0.1) is 11.2 Å². The van der Waals surface area contributed by atoms with E-state index in [1.54, 1.807) is 7.05 Å². The lowest BCUT2D eigenvalue weighted by molar-refractivity contribution is 0.407. The maximum Gasteiger partial charge on any atom is 0.270 e. The Hall–Kier alpha value is -3.25. The number of fused-ring (bicyclic) bond motifs is 2. The highest BCUT2D eigenvalue weighted by Gasteiger charge is 2.28. The Balaban J connectivity index is 1.49. The second-order valence-electron chi connectivity index (χ2n) is 7.91. The molecule has 0 aliphatic carbocycles. The van der Waals surface area contributed by atoms with E-state index in [2.05, 4.69) is 31.9 Å². The number of aryl methyl sites for hydroxylation is 1. The van der Waals surface area contributed by atoms with Crippen LogP contribution in [0.25, 0.3) is 22.0 Å². The van der Waals surface area contributed by atoms with Crippen LogP contribution >= 0.6 is 15.9 Å². The molecule has 32 heavy (non-hydrogen) atoms. The molecule has 6 nitrogen and oxygen atoms in total. The molecule has 9 heteroatoms. The molecule has 0 amide bonds. The Kier molecular flexibility index (Phi) is 4.97. The summed E-state index contributed by atoms with van der Waals surface area (Å²) in [5, 5.41) is 10.6. The van der Waals surface area contributed by atoms with Crippen LogP contribution in [0, 0.1) is 23.0 Å². The molecule has 1 saturated heterocycles. The summed E-state index contributed by atoms with van der Waals surface area (Å²) in [4.78, 5) is 19.2. The molecule has 162 valence electrons. The standard InChI is InChI=1S/C23H17BrF2N4O2/c1-29-19-8-13(24)2-3-14(19)21(15(11-27)23(29)31)30-6-4-12(5-7-30)22-28-18-9-16(25)17(26)10-20(18)32-22/h2-3,8-10,12H,4-7H2,1H3. The van der Waals surface area contributed by atoms with E-state index in [9.17, 15) is 18.8 Å². The summed E-state index contributed by atoms with van der Waals surface area (Å²) in [5.41, 5.74) is 1.67. The molecule has 3 heterocycles. The zero-order valence-corrected chi connectivity index (χ0v) is 18.6. The number of oxazole rings is 1. The van der Waals surface area contributed by atoms with Crippen LogP contribution in [0.5, 0.6) is 0 Å². The number of aromatic nitrogens is 2. The van der Waals surface area contributed by atoms with Gasteiger partial charge in [-0.05, 0) is 31.0 Å². The largest absolute Gasteiger partial charge is 0.440 e. The predicted octanol–water partition coefficient (Wildman–Crippen LogP) is 4.98. The molecule has 1 aliphatic rings. The molecule has 1 fully saturated rings. The summed E-state index contributed by atoms with van der Waals surface area (Å²) in [5.74, 6) is -1.51. The van der Waals surface area contributed by atoms with Crippen molar-refractivity contribution in [1.29, 1.82) is 5.26 Å². The number of pyridine rings is 1. The van der Waals surface area contributed by atoms with E-state index in [1.165, 1.54) is 4.57 Å². The minimum atomic E-state index is -0.969. The van der Waals surface area contributed by atoms with Crippen molar-refractivity contribution < 1.29 is 13.2 Å². The average Bonchev–Trinajstić information content (AvgIpc) is 3.19. The number of nitriles is 1. The van der Waals surface area contributed by atoms with Gasteiger partial charge in [-0.1, -0.05) is 15.9 Å². The smallest absolute Gasteiger partial charge is 0.270 e. The predicted molar refractivity (Wildman–Crippen MR) is 120 cm³/mol. The maximum absolute atomic E-state index is 13.5. The summed E-state index contributed by atoms with van der Waals surface area (Å²) < 4.78 is 35.0. The third-order valence-electron chi connectivity index (χ3n) is 6.05. The zero-order chi connectivity index (χ0) is 22.6. The van der Waals surface area contributed by atoms with Gasteiger partial charge in [-0.25, -0.2) is 13.8 Å². The summed E-state index contributed by atoms with van der Waals surface area (Å²) in [6, 6.07) is 9.81. The molecular weight excluding hydrogens is 482 g/mol. The van der Waals surface area contributed by atoms with Crippen molar-refractivity contribution in [3.63, 3.8) is 0 Å². The number of hydrogen-bond acceptors (Lipinski definition) is 5.